The van der Waals surface area contributed by atoms with Crippen molar-refractivity contribution in [2.75, 3.05) is 13.7 Å². The standard InChI is InChI=1S/C6H10O4/c1-9-6(8)2-4(7)5-3-10-5/h4-5,7H,2-3H2,1H3. The van der Waals surface area contributed by atoms with Crippen LogP contribution in [0.25, 0.3) is 0 Å². The Hall–Kier alpha value is -0.610. The first-order valence-corrected chi connectivity index (χ1v) is 3.10. The van der Waals surface area contributed by atoms with Crippen LogP contribution in [0, 0.1) is 0 Å². The minimum atomic E-state index is -0.688. The van der Waals surface area contributed by atoms with Crippen LogP contribution in [-0.4, -0.2) is 37.0 Å². The third-order valence-electron chi connectivity index (χ3n) is 1.39. The van der Waals surface area contributed by atoms with Crippen molar-refractivity contribution in [3.05, 3.63) is 0 Å². The van der Waals surface area contributed by atoms with Crippen molar-refractivity contribution in [2.24, 2.45) is 0 Å². The molecule has 1 heterocycles. The van der Waals surface area contributed by atoms with Crippen LogP contribution in [0.2, 0.25) is 0 Å². The van der Waals surface area contributed by atoms with Gasteiger partial charge in [-0.2, -0.15) is 0 Å². The number of methoxy groups -OCH3 is 1. The number of ether oxygens (including phenoxy) is 2. The van der Waals surface area contributed by atoms with Crippen LogP contribution in [0.5, 0.6) is 0 Å². The number of hydrogen-bond donors (Lipinski definition) is 1. The summed E-state index contributed by atoms with van der Waals surface area (Å²) in [6.07, 6.45) is -0.798. The molecule has 0 spiro atoms. The van der Waals surface area contributed by atoms with Gasteiger partial charge in [-0.25, -0.2) is 0 Å². The van der Waals surface area contributed by atoms with Crippen molar-refractivity contribution in [2.45, 2.75) is 18.6 Å². The average molecular weight is 146 g/mol. The second-order valence-electron chi connectivity index (χ2n) is 2.22. The fraction of sp³-hybridized carbons (Fsp3) is 0.833. The monoisotopic (exact) mass is 146 g/mol. The molecule has 0 bridgehead atoms. The summed E-state index contributed by atoms with van der Waals surface area (Å²) in [6, 6.07) is 0. The molecule has 2 unspecified atom stereocenters. The molecule has 4 heteroatoms. The SMILES string of the molecule is COC(=O)CC(O)C1CO1. The predicted molar refractivity (Wildman–Crippen MR) is 32.4 cm³/mol. The van der Waals surface area contributed by atoms with Gasteiger partial charge in [0.2, 0.25) is 0 Å². The molecule has 0 aromatic rings. The molecule has 10 heavy (non-hydrogen) atoms. The fourth-order valence-corrected chi connectivity index (χ4v) is 0.663. The molecule has 4 nitrogen and oxygen atoms in total. The van der Waals surface area contributed by atoms with Gasteiger partial charge in [-0.1, -0.05) is 0 Å². The van der Waals surface area contributed by atoms with Gasteiger partial charge in [-0.3, -0.25) is 4.79 Å². The number of esters is 1. The Kier molecular flexibility index (Phi) is 2.24. The summed E-state index contributed by atoms with van der Waals surface area (Å²) in [4.78, 5) is 10.5. The first-order valence-electron chi connectivity index (χ1n) is 3.10. The zero-order valence-corrected chi connectivity index (χ0v) is 5.74. The Morgan fingerprint density at radius 2 is 2.60 bits per heavy atom. The van der Waals surface area contributed by atoms with E-state index in [1.165, 1.54) is 7.11 Å². The molecule has 1 fully saturated rings. The molecule has 1 aliphatic rings. The van der Waals surface area contributed by atoms with E-state index >= 15 is 0 Å². The van der Waals surface area contributed by atoms with E-state index < -0.39 is 12.1 Å². The third kappa shape index (κ3) is 1.97. The Morgan fingerprint density at radius 3 is 3.00 bits per heavy atom. The predicted octanol–water partition coefficient (Wildman–Crippen LogP) is -0.691. The van der Waals surface area contributed by atoms with Gasteiger partial charge < -0.3 is 14.6 Å². The second-order valence-corrected chi connectivity index (χ2v) is 2.22. The largest absolute Gasteiger partial charge is 0.469 e. The Balaban J connectivity index is 2.16. The van der Waals surface area contributed by atoms with Crippen molar-refractivity contribution >= 4 is 5.97 Å². The highest BCUT2D eigenvalue weighted by atomic mass is 16.6. The highest BCUT2D eigenvalue weighted by Gasteiger charge is 2.32. The van der Waals surface area contributed by atoms with E-state index in [9.17, 15) is 4.79 Å². The normalized spacial score (nSPS) is 25.6. The lowest BCUT2D eigenvalue weighted by atomic mass is 10.2. The van der Waals surface area contributed by atoms with Gasteiger partial charge in [0, 0.05) is 0 Å². The molecule has 0 aromatic carbocycles. The van der Waals surface area contributed by atoms with E-state index in [2.05, 4.69) is 4.74 Å². The lowest BCUT2D eigenvalue weighted by molar-refractivity contribution is -0.143. The summed E-state index contributed by atoms with van der Waals surface area (Å²) in [6.45, 7) is 0.554. The molecule has 2 atom stereocenters. The van der Waals surface area contributed by atoms with Gasteiger partial charge in [0.15, 0.2) is 0 Å². The molecule has 1 rings (SSSR count). The summed E-state index contributed by atoms with van der Waals surface area (Å²) in [7, 11) is 1.29. The Labute approximate surface area is 58.7 Å². The van der Waals surface area contributed by atoms with E-state index in [-0.39, 0.29) is 12.5 Å². The average Bonchev–Trinajstić information content (AvgIpc) is 2.68. The van der Waals surface area contributed by atoms with Gasteiger partial charge in [0.25, 0.3) is 0 Å². The van der Waals surface area contributed by atoms with Crippen LogP contribution in [0.15, 0.2) is 0 Å². The smallest absolute Gasteiger partial charge is 0.308 e. The molecule has 1 aliphatic heterocycles. The van der Waals surface area contributed by atoms with E-state index in [1.807, 2.05) is 0 Å². The second kappa shape index (κ2) is 2.98. The van der Waals surface area contributed by atoms with Crippen LogP contribution in [0.3, 0.4) is 0 Å². The summed E-state index contributed by atoms with van der Waals surface area (Å²) in [5.41, 5.74) is 0. The highest BCUT2D eigenvalue weighted by Crippen LogP contribution is 2.16. The third-order valence-corrected chi connectivity index (χ3v) is 1.39. The van der Waals surface area contributed by atoms with E-state index in [1.54, 1.807) is 0 Å². The van der Waals surface area contributed by atoms with Crippen LogP contribution < -0.4 is 0 Å². The van der Waals surface area contributed by atoms with Crippen LogP contribution in [-0.2, 0) is 14.3 Å². The lowest BCUT2D eigenvalue weighted by Crippen LogP contribution is -2.19. The first-order chi connectivity index (χ1) is 4.74. The molecular formula is C6H10O4. The molecule has 1 N–H and O–H groups in total. The van der Waals surface area contributed by atoms with Crippen LogP contribution >= 0.6 is 0 Å². The number of epoxide rings is 1. The zero-order valence-electron chi connectivity index (χ0n) is 5.74. The van der Waals surface area contributed by atoms with Crippen molar-refractivity contribution in [3.8, 4) is 0 Å². The zero-order chi connectivity index (χ0) is 7.56. The maximum Gasteiger partial charge on any atom is 0.308 e. The van der Waals surface area contributed by atoms with Gasteiger partial charge in [0.1, 0.15) is 6.10 Å². The number of aliphatic hydroxyl groups excluding tert-OH is 1. The highest BCUT2D eigenvalue weighted by molar-refractivity contribution is 5.69. The number of rotatable bonds is 3. The number of carbonyl (C=O) groups excluding carboxylic acids is 1. The molecular weight excluding hydrogens is 136 g/mol. The van der Waals surface area contributed by atoms with Crippen molar-refractivity contribution in [1.82, 2.24) is 0 Å². The Bertz CT molecular complexity index is 130. The molecule has 58 valence electrons. The summed E-state index contributed by atoms with van der Waals surface area (Å²) in [5, 5.41) is 9.06. The quantitative estimate of drug-likeness (QED) is 0.423. The van der Waals surface area contributed by atoms with Gasteiger partial charge in [-0.05, 0) is 0 Å². The van der Waals surface area contributed by atoms with E-state index in [4.69, 9.17) is 9.84 Å². The van der Waals surface area contributed by atoms with E-state index in [0.717, 1.165) is 0 Å². The first kappa shape index (κ1) is 7.50. The Morgan fingerprint density at radius 1 is 2.00 bits per heavy atom. The maximum atomic E-state index is 10.5. The van der Waals surface area contributed by atoms with Crippen molar-refractivity contribution in [3.63, 3.8) is 0 Å². The summed E-state index contributed by atoms with van der Waals surface area (Å²) >= 11 is 0. The van der Waals surface area contributed by atoms with Gasteiger partial charge in [-0.15, -0.1) is 0 Å². The molecule has 0 aliphatic carbocycles. The molecule has 1 saturated heterocycles. The maximum absolute atomic E-state index is 10.5. The molecule has 0 amide bonds. The summed E-state index contributed by atoms with van der Waals surface area (Å²) < 4.78 is 9.10. The molecule has 0 radical (unpaired) electrons. The number of aliphatic hydroxyl groups is 1. The van der Waals surface area contributed by atoms with Crippen LogP contribution in [0.4, 0.5) is 0 Å². The lowest BCUT2D eigenvalue weighted by Gasteiger charge is -2.03. The summed E-state index contributed by atoms with van der Waals surface area (Å²) in [5.74, 6) is -0.400. The molecule has 0 saturated carbocycles. The van der Waals surface area contributed by atoms with Crippen molar-refractivity contribution in [1.29, 1.82) is 0 Å². The number of hydrogen-bond acceptors (Lipinski definition) is 4. The minimum Gasteiger partial charge on any atom is -0.469 e. The number of carbonyl (C=O) groups is 1. The van der Waals surface area contributed by atoms with E-state index in [0.29, 0.717) is 6.61 Å². The topological polar surface area (TPSA) is 59.1 Å². The van der Waals surface area contributed by atoms with Gasteiger partial charge in [0.05, 0.1) is 26.2 Å². The van der Waals surface area contributed by atoms with Crippen molar-refractivity contribution < 1.29 is 19.4 Å². The van der Waals surface area contributed by atoms with Crippen LogP contribution in [0.1, 0.15) is 6.42 Å². The fourth-order valence-electron chi connectivity index (χ4n) is 0.663. The minimum absolute atomic E-state index is 0.0289. The van der Waals surface area contributed by atoms with Gasteiger partial charge >= 0.3 is 5.97 Å². The molecule has 0 aromatic heterocycles.